The Morgan fingerprint density at radius 2 is 0.842 bits per heavy atom. The average molecular weight is 725 g/mol. The van der Waals surface area contributed by atoms with Gasteiger partial charge >= 0.3 is 0 Å². The van der Waals surface area contributed by atoms with Gasteiger partial charge in [-0.05, 0) is 85.0 Å². The van der Waals surface area contributed by atoms with Crippen molar-refractivity contribution >= 4 is 0 Å². The third-order valence-corrected chi connectivity index (χ3v) is 11.6. The van der Waals surface area contributed by atoms with Crippen molar-refractivity contribution in [1.29, 1.82) is 5.26 Å². The summed E-state index contributed by atoms with van der Waals surface area (Å²) in [6.07, 6.45) is 0. The van der Waals surface area contributed by atoms with Gasteiger partial charge in [-0.15, -0.1) is 0 Å². The molecule has 0 atom stereocenters. The minimum absolute atomic E-state index is 0.583. The summed E-state index contributed by atoms with van der Waals surface area (Å²) in [6.45, 7) is 0. The molecule has 9 aromatic rings. The molecule has 2 aliphatic carbocycles. The van der Waals surface area contributed by atoms with E-state index in [1.807, 2.05) is 42.5 Å². The van der Waals surface area contributed by atoms with Gasteiger partial charge in [0, 0.05) is 16.7 Å². The molecule has 0 saturated heterocycles. The van der Waals surface area contributed by atoms with Gasteiger partial charge < -0.3 is 0 Å². The number of hydrogen-bond acceptors (Lipinski definition) is 4. The van der Waals surface area contributed by atoms with Gasteiger partial charge in [0.25, 0.3) is 0 Å². The van der Waals surface area contributed by atoms with Crippen LogP contribution in [0.15, 0.2) is 194 Å². The van der Waals surface area contributed by atoms with Crippen LogP contribution in [-0.2, 0) is 5.41 Å². The predicted molar refractivity (Wildman–Crippen MR) is 228 cm³/mol. The van der Waals surface area contributed by atoms with Crippen LogP contribution < -0.4 is 0 Å². The summed E-state index contributed by atoms with van der Waals surface area (Å²) in [5.74, 6) is 1.82. The van der Waals surface area contributed by atoms with E-state index in [0.717, 1.165) is 55.6 Å². The van der Waals surface area contributed by atoms with Crippen molar-refractivity contribution in [2.75, 3.05) is 0 Å². The Hall–Kier alpha value is -7.74. The van der Waals surface area contributed by atoms with Crippen LogP contribution in [0.1, 0.15) is 27.8 Å². The van der Waals surface area contributed by atoms with Crippen molar-refractivity contribution < 1.29 is 0 Å². The third kappa shape index (κ3) is 4.96. The molecule has 1 spiro atoms. The third-order valence-electron chi connectivity index (χ3n) is 11.6. The van der Waals surface area contributed by atoms with E-state index in [-0.39, 0.29) is 0 Å². The molecule has 1 aromatic heterocycles. The van der Waals surface area contributed by atoms with E-state index < -0.39 is 5.41 Å². The van der Waals surface area contributed by atoms with Crippen molar-refractivity contribution in [3.63, 3.8) is 0 Å². The van der Waals surface area contributed by atoms with Crippen LogP contribution in [0.4, 0.5) is 0 Å². The molecular weight excluding hydrogens is 693 g/mol. The molecule has 0 amide bonds. The summed E-state index contributed by atoms with van der Waals surface area (Å²) in [6, 6.07) is 70.2. The number of hydrogen-bond donors (Lipinski definition) is 0. The summed E-state index contributed by atoms with van der Waals surface area (Å²) < 4.78 is 0. The van der Waals surface area contributed by atoms with Gasteiger partial charge in [-0.1, -0.05) is 176 Å². The van der Waals surface area contributed by atoms with Crippen LogP contribution in [0, 0.1) is 11.3 Å². The lowest BCUT2D eigenvalue weighted by Crippen LogP contribution is -2.26. The van der Waals surface area contributed by atoms with E-state index in [2.05, 4.69) is 158 Å². The zero-order valence-electron chi connectivity index (χ0n) is 30.8. The minimum atomic E-state index is -0.583. The molecule has 0 saturated carbocycles. The lowest BCUT2D eigenvalue weighted by atomic mass is 9.70. The second kappa shape index (κ2) is 12.9. The number of nitriles is 1. The molecule has 11 rings (SSSR count). The summed E-state index contributed by atoms with van der Waals surface area (Å²) in [4.78, 5) is 15.5. The second-order valence-electron chi connectivity index (χ2n) is 14.6. The van der Waals surface area contributed by atoms with Crippen LogP contribution in [0.3, 0.4) is 0 Å². The molecule has 0 unspecified atom stereocenters. The highest BCUT2D eigenvalue weighted by molar-refractivity contribution is 6.01. The second-order valence-corrected chi connectivity index (χ2v) is 14.6. The van der Waals surface area contributed by atoms with E-state index >= 15 is 0 Å². The van der Waals surface area contributed by atoms with Gasteiger partial charge in [0.05, 0.1) is 17.0 Å². The Kier molecular flexibility index (Phi) is 7.42. The van der Waals surface area contributed by atoms with Gasteiger partial charge in [0.15, 0.2) is 17.5 Å². The number of rotatable bonds is 5. The van der Waals surface area contributed by atoms with E-state index in [4.69, 9.17) is 15.0 Å². The standard InChI is InChI=1S/C53H32N4/c54-33-34-29-30-44-48(31-34)53(45-26-11-9-22-40(45)41-23-10-12-27-46(41)53)47-28-14-25-42(49(44)47)39-21-7-8-24-43(39)52-56-50(36-17-5-2-6-18-36)55-51(57-52)38-20-13-19-37(32-38)35-15-3-1-4-16-35/h1-32H. The maximum atomic E-state index is 10.2. The summed E-state index contributed by atoms with van der Waals surface area (Å²) in [5.41, 5.74) is 16.7. The maximum Gasteiger partial charge on any atom is 0.164 e. The topological polar surface area (TPSA) is 62.5 Å². The highest BCUT2D eigenvalue weighted by Crippen LogP contribution is 2.64. The van der Waals surface area contributed by atoms with Crippen LogP contribution in [0.2, 0.25) is 0 Å². The maximum absolute atomic E-state index is 10.2. The Balaban J connectivity index is 1.16. The minimum Gasteiger partial charge on any atom is -0.208 e. The zero-order valence-corrected chi connectivity index (χ0v) is 30.8. The number of nitrogens with zero attached hydrogens (tertiary/aromatic N) is 4. The lowest BCUT2D eigenvalue weighted by Gasteiger charge is -2.30. The van der Waals surface area contributed by atoms with Crippen molar-refractivity contribution in [3.05, 3.63) is 222 Å². The smallest absolute Gasteiger partial charge is 0.164 e. The van der Waals surface area contributed by atoms with Crippen molar-refractivity contribution in [2.45, 2.75) is 5.41 Å². The van der Waals surface area contributed by atoms with Crippen molar-refractivity contribution in [2.24, 2.45) is 0 Å². The molecule has 0 radical (unpaired) electrons. The highest BCUT2D eigenvalue weighted by atomic mass is 15.0. The first-order valence-corrected chi connectivity index (χ1v) is 19.2. The average Bonchev–Trinajstić information content (AvgIpc) is 3.76. The Morgan fingerprint density at radius 1 is 0.333 bits per heavy atom. The molecule has 4 nitrogen and oxygen atoms in total. The number of aromatic nitrogens is 3. The van der Waals surface area contributed by atoms with Crippen LogP contribution in [0.5, 0.6) is 0 Å². The Morgan fingerprint density at radius 3 is 1.54 bits per heavy atom. The molecule has 2 aliphatic rings. The molecular formula is C53H32N4. The van der Waals surface area contributed by atoms with E-state index in [9.17, 15) is 5.26 Å². The highest BCUT2D eigenvalue weighted by Gasteiger charge is 2.52. The first kappa shape index (κ1) is 32.7. The fourth-order valence-electron chi connectivity index (χ4n) is 9.21. The van der Waals surface area contributed by atoms with Crippen LogP contribution in [0.25, 0.3) is 78.7 Å². The molecule has 0 aliphatic heterocycles. The monoisotopic (exact) mass is 724 g/mol. The SMILES string of the molecule is N#Cc1ccc2c(c1)C1(c3ccccc3-c3ccccc31)c1cccc(-c3ccccc3-c3nc(-c4ccccc4)nc(-c4cccc(-c5ccccc5)c4)n3)c1-2. The summed E-state index contributed by atoms with van der Waals surface area (Å²) >= 11 is 0. The number of fused-ring (bicyclic) bond motifs is 10. The van der Waals surface area contributed by atoms with Gasteiger partial charge in [0.2, 0.25) is 0 Å². The Bertz CT molecular complexity index is 3040. The molecule has 0 N–H and O–H groups in total. The van der Waals surface area contributed by atoms with Crippen LogP contribution in [-0.4, -0.2) is 15.0 Å². The first-order chi connectivity index (χ1) is 28.2. The zero-order chi connectivity index (χ0) is 37.9. The summed E-state index contributed by atoms with van der Waals surface area (Å²) in [7, 11) is 0. The quantitative estimate of drug-likeness (QED) is 0.177. The van der Waals surface area contributed by atoms with E-state index in [0.29, 0.717) is 23.0 Å². The van der Waals surface area contributed by atoms with Crippen molar-refractivity contribution in [3.8, 4) is 84.7 Å². The largest absolute Gasteiger partial charge is 0.208 e. The normalized spacial score (nSPS) is 12.7. The van der Waals surface area contributed by atoms with Gasteiger partial charge in [-0.25, -0.2) is 15.0 Å². The first-order valence-electron chi connectivity index (χ1n) is 19.2. The van der Waals surface area contributed by atoms with Crippen molar-refractivity contribution in [1.82, 2.24) is 15.0 Å². The van der Waals surface area contributed by atoms with Gasteiger partial charge in [0.1, 0.15) is 0 Å². The molecule has 264 valence electrons. The molecule has 8 aromatic carbocycles. The van der Waals surface area contributed by atoms with Crippen LogP contribution >= 0.6 is 0 Å². The van der Waals surface area contributed by atoms with E-state index in [1.165, 1.54) is 27.8 Å². The number of benzene rings is 8. The van der Waals surface area contributed by atoms with Gasteiger partial charge in [-0.3, -0.25) is 0 Å². The molecule has 0 fully saturated rings. The fourth-order valence-corrected chi connectivity index (χ4v) is 9.21. The van der Waals surface area contributed by atoms with Gasteiger partial charge in [-0.2, -0.15) is 5.26 Å². The molecule has 4 heteroatoms. The summed E-state index contributed by atoms with van der Waals surface area (Å²) in [5, 5.41) is 10.2. The molecule has 57 heavy (non-hydrogen) atoms. The van der Waals surface area contributed by atoms with E-state index in [1.54, 1.807) is 0 Å². The predicted octanol–water partition coefficient (Wildman–Crippen LogP) is 12.4. The fraction of sp³-hybridized carbons (Fsp3) is 0.0189. The molecule has 1 heterocycles. The Labute approximate surface area is 331 Å². The lowest BCUT2D eigenvalue weighted by molar-refractivity contribution is 0.793. The molecule has 0 bridgehead atoms.